The average molecular weight is 301 g/mol. The van der Waals surface area contributed by atoms with Gasteiger partial charge in [-0.2, -0.15) is 0 Å². The van der Waals surface area contributed by atoms with Crippen molar-refractivity contribution < 1.29 is 9.47 Å². The molecule has 0 aliphatic heterocycles. The molecule has 0 rings (SSSR count). The van der Waals surface area contributed by atoms with Gasteiger partial charge in [0.25, 0.3) is 0 Å². The lowest BCUT2D eigenvalue weighted by Crippen LogP contribution is -2.37. The molecule has 21 heavy (non-hydrogen) atoms. The second kappa shape index (κ2) is 12.5. The summed E-state index contributed by atoms with van der Waals surface area (Å²) in [5.74, 6) is 0.769. The van der Waals surface area contributed by atoms with Crippen LogP contribution in [0.1, 0.15) is 92.9 Å². The Labute approximate surface area is 134 Å². The predicted octanol–water partition coefficient (Wildman–Crippen LogP) is 6.19. The van der Waals surface area contributed by atoms with Gasteiger partial charge in [-0.25, -0.2) is 0 Å². The largest absolute Gasteiger partial charge is 0.350 e. The van der Waals surface area contributed by atoms with E-state index in [4.69, 9.17) is 9.47 Å². The van der Waals surface area contributed by atoms with Crippen molar-refractivity contribution in [3.63, 3.8) is 0 Å². The maximum atomic E-state index is 6.20. The van der Waals surface area contributed by atoms with Gasteiger partial charge in [0.2, 0.25) is 0 Å². The van der Waals surface area contributed by atoms with Gasteiger partial charge in [0.1, 0.15) is 0 Å². The highest BCUT2D eigenvalue weighted by molar-refractivity contribution is 4.70. The van der Waals surface area contributed by atoms with Crippen LogP contribution in [-0.4, -0.2) is 19.0 Å². The molecular formula is C19H40O2. The molecule has 2 nitrogen and oxygen atoms in total. The van der Waals surface area contributed by atoms with Gasteiger partial charge in [0.05, 0.1) is 13.2 Å². The second-order valence-electron chi connectivity index (χ2n) is 7.19. The van der Waals surface area contributed by atoms with Crippen molar-refractivity contribution in [2.45, 2.75) is 98.7 Å². The Morgan fingerprint density at radius 2 is 1.19 bits per heavy atom. The maximum Gasteiger partial charge on any atom is 0.168 e. The van der Waals surface area contributed by atoms with E-state index >= 15 is 0 Å². The maximum absolute atomic E-state index is 6.20. The van der Waals surface area contributed by atoms with Gasteiger partial charge in [0, 0.05) is 6.42 Å². The molecular weight excluding hydrogens is 260 g/mol. The molecule has 0 aromatic carbocycles. The van der Waals surface area contributed by atoms with Gasteiger partial charge in [-0.05, 0) is 24.7 Å². The number of rotatable bonds is 14. The van der Waals surface area contributed by atoms with Crippen molar-refractivity contribution in [3.05, 3.63) is 0 Å². The third-order valence-corrected chi connectivity index (χ3v) is 3.81. The molecule has 0 aromatic heterocycles. The third-order valence-electron chi connectivity index (χ3n) is 3.81. The summed E-state index contributed by atoms with van der Waals surface area (Å²) in [5, 5.41) is 0. The zero-order valence-electron chi connectivity index (χ0n) is 15.5. The molecule has 0 heterocycles. The second-order valence-corrected chi connectivity index (χ2v) is 7.19. The van der Waals surface area contributed by atoms with Gasteiger partial charge in [-0.3, -0.25) is 0 Å². The fraction of sp³-hybridized carbons (Fsp3) is 1.00. The van der Waals surface area contributed by atoms with Crippen LogP contribution in [0.2, 0.25) is 0 Å². The van der Waals surface area contributed by atoms with E-state index in [2.05, 4.69) is 41.5 Å². The lowest BCUT2D eigenvalue weighted by Gasteiger charge is -2.34. The summed E-state index contributed by atoms with van der Waals surface area (Å²) < 4.78 is 12.4. The van der Waals surface area contributed by atoms with Crippen LogP contribution in [0.15, 0.2) is 0 Å². The van der Waals surface area contributed by atoms with Crippen molar-refractivity contribution in [1.82, 2.24) is 0 Å². The Morgan fingerprint density at radius 3 is 1.62 bits per heavy atom. The first-order valence-electron chi connectivity index (χ1n) is 9.23. The number of ether oxygens (including phenoxy) is 2. The molecule has 0 fully saturated rings. The van der Waals surface area contributed by atoms with Crippen LogP contribution < -0.4 is 0 Å². The highest BCUT2D eigenvalue weighted by Crippen LogP contribution is 2.27. The van der Waals surface area contributed by atoms with Crippen LogP contribution in [0.5, 0.6) is 0 Å². The monoisotopic (exact) mass is 300 g/mol. The van der Waals surface area contributed by atoms with E-state index in [1.165, 1.54) is 38.5 Å². The Hall–Kier alpha value is -0.0800. The summed E-state index contributed by atoms with van der Waals surface area (Å²) >= 11 is 0. The van der Waals surface area contributed by atoms with Crippen molar-refractivity contribution in [2.75, 3.05) is 13.2 Å². The normalized spacial score (nSPS) is 12.6. The summed E-state index contributed by atoms with van der Waals surface area (Å²) in [5.41, 5.74) is 0. The van der Waals surface area contributed by atoms with Crippen LogP contribution in [0, 0.1) is 11.8 Å². The molecule has 0 aliphatic carbocycles. The van der Waals surface area contributed by atoms with Crippen molar-refractivity contribution in [1.29, 1.82) is 0 Å². The summed E-state index contributed by atoms with van der Waals surface area (Å²) in [4.78, 5) is 0. The summed E-state index contributed by atoms with van der Waals surface area (Å²) in [6, 6.07) is 0. The molecule has 0 bridgehead atoms. The first-order chi connectivity index (χ1) is 9.95. The highest BCUT2D eigenvalue weighted by Gasteiger charge is 2.30. The van der Waals surface area contributed by atoms with Crippen LogP contribution in [0.25, 0.3) is 0 Å². The first kappa shape index (κ1) is 20.9. The van der Waals surface area contributed by atoms with Crippen LogP contribution in [-0.2, 0) is 9.47 Å². The molecule has 0 saturated heterocycles. The van der Waals surface area contributed by atoms with Crippen LogP contribution in [0.3, 0.4) is 0 Å². The topological polar surface area (TPSA) is 18.5 Å². The summed E-state index contributed by atoms with van der Waals surface area (Å²) in [7, 11) is 0. The molecule has 0 N–H and O–H groups in total. The van der Waals surface area contributed by atoms with Gasteiger partial charge in [-0.1, -0.05) is 73.6 Å². The Bertz CT molecular complexity index is 212. The minimum atomic E-state index is -0.348. The van der Waals surface area contributed by atoms with E-state index in [0.29, 0.717) is 11.8 Å². The van der Waals surface area contributed by atoms with Gasteiger partial charge in [-0.15, -0.1) is 0 Å². The van der Waals surface area contributed by atoms with Crippen molar-refractivity contribution >= 4 is 0 Å². The van der Waals surface area contributed by atoms with Gasteiger partial charge < -0.3 is 9.47 Å². The lowest BCUT2D eigenvalue weighted by molar-refractivity contribution is -0.251. The predicted molar refractivity (Wildman–Crippen MR) is 92.6 cm³/mol. The third kappa shape index (κ3) is 11.2. The smallest absolute Gasteiger partial charge is 0.168 e. The molecule has 0 saturated carbocycles. The Balaban J connectivity index is 4.26. The van der Waals surface area contributed by atoms with E-state index in [0.717, 1.165) is 26.1 Å². The molecule has 0 aliphatic rings. The zero-order chi connectivity index (χ0) is 16.1. The highest BCUT2D eigenvalue weighted by atomic mass is 16.7. The van der Waals surface area contributed by atoms with E-state index in [1.54, 1.807) is 0 Å². The molecule has 0 atom stereocenters. The SMILES string of the molecule is CCCCCCCCC(CC)(OCC(C)C)OCC(C)C. The van der Waals surface area contributed by atoms with Crippen molar-refractivity contribution in [3.8, 4) is 0 Å². The van der Waals surface area contributed by atoms with Crippen molar-refractivity contribution in [2.24, 2.45) is 11.8 Å². The zero-order valence-corrected chi connectivity index (χ0v) is 15.5. The minimum Gasteiger partial charge on any atom is -0.350 e. The number of hydrogen-bond donors (Lipinski definition) is 0. The van der Waals surface area contributed by atoms with Gasteiger partial charge in [0.15, 0.2) is 5.79 Å². The Kier molecular flexibility index (Phi) is 12.4. The number of hydrogen-bond acceptors (Lipinski definition) is 2. The Morgan fingerprint density at radius 1 is 0.714 bits per heavy atom. The van der Waals surface area contributed by atoms with E-state index in [1.807, 2.05) is 0 Å². The standard InChI is InChI=1S/C19H40O2/c1-7-9-10-11-12-13-14-19(8-2,20-15-17(3)4)21-16-18(5)6/h17-18H,7-16H2,1-6H3. The summed E-state index contributed by atoms with van der Waals surface area (Å²) in [6.45, 7) is 14.9. The molecule has 2 heteroatoms. The molecule has 0 unspecified atom stereocenters. The quantitative estimate of drug-likeness (QED) is 0.281. The van der Waals surface area contributed by atoms with E-state index in [9.17, 15) is 0 Å². The fourth-order valence-electron chi connectivity index (χ4n) is 2.38. The fourth-order valence-corrected chi connectivity index (χ4v) is 2.38. The number of unbranched alkanes of at least 4 members (excludes halogenated alkanes) is 5. The molecule has 128 valence electrons. The molecule has 0 aromatic rings. The first-order valence-corrected chi connectivity index (χ1v) is 9.23. The molecule has 0 radical (unpaired) electrons. The molecule has 0 spiro atoms. The average Bonchev–Trinajstić information content (AvgIpc) is 2.45. The van der Waals surface area contributed by atoms with Gasteiger partial charge >= 0.3 is 0 Å². The van der Waals surface area contributed by atoms with E-state index < -0.39 is 0 Å². The lowest BCUT2D eigenvalue weighted by atomic mass is 10.0. The minimum absolute atomic E-state index is 0.348. The van der Waals surface area contributed by atoms with E-state index in [-0.39, 0.29) is 5.79 Å². The molecule has 0 amide bonds. The van der Waals surface area contributed by atoms with Crippen LogP contribution in [0.4, 0.5) is 0 Å². The van der Waals surface area contributed by atoms with Crippen LogP contribution >= 0.6 is 0 Å². The summed E-state index contributed by atoms with van der Waals surface area (Å²) in [6.07, 6.45) is 9.90.